The van der Waals surface area contributed by atoms with Crippen molar-refractivity contribution in [1.29, 1.82) is 0 Å². The molecule has 0 spiro atoms. The normalized spacial score (nSPS) is 24.4. The third kappa shape index (κ3) is 3.06. The van der Waals surface area contributed by atoms with Gasteiger partial charge in [-0.1, -0.05) is 0 Å². The van der Waals surface area contributed by atoms with Gasteiger partial charge in [0.05, 0.1) is 6.61 Å². The number of ether oxygens (including phenoxy) is 2. The molecule has 1 aromatic heterocycles. The second-order valence-electron chi connectivity index (χ2n) is 4.61. The van der Waals surface area contributed by atoms with Crippen LogP contribution in [-0.4, -0.2) is 36.8 Å². The summed E-state index contributed by atoms with van der Waals surface area (Å²) in [6.45, 7) is 5.28. The predicted molar refractivity (Wildman–Crippen MR) is 64.7 cm³/mol. The maximum absolute atomic E-state index is 5.75. The lowest BCUT2D eigenvalue weighted by atomic mass is 10.0. The predicted octanol–water partition coefficient (Wildman–Crippen LogP) is 1.17. The smallest absolute Gasteiger partial charge is 0.138 e. The molecule has 1 saturated heterocycles. The first kappa shape index (κ1) is 12.5. The number of H-pyrrole nitrogens is 1. The van der Waals surface area contributed by atoms with Gasteiger partial charge >= 0.3 is 0 Å². The Bertz CT molecular complexity index is 345. The van der Waals surface area contributed by atoms with E-state index in [0.29, 0.717) is 0 Å². The zero-order chi connectivity index (χ0) is 12.1. The lowest BCUT2D eigenvalue weighted by Gasteiger charge is -2.19. The molecule has 2 heterocycles. The van der Waals surface area contributed by atoms with Crippen LogP contribution in [0.3, 0.4) is 0 Å². The van der Waals surface area contributed by atoms with E-state index in [1.165, 1.54) is 0 Å². The number of methoxy groups -OCH3 is 1. The number of aromatic nitrogens is 2. The second kappa shape index (κ2) is 5.62. The highest BCUT2D eigenvalue weighted by molar-refractivity contribution is 5.09. The molecule has 0 amide bonds. The first-order chi connectivity index (χ1) is 8.24. The van der Waals surface area contributed by atoms with Crippen molar-refractivity contribution in [2.75, 3.05) is 26.9 Å². The van der Waals surface area contributed by atoms with E-state index in [-0.39, 0.29) is 5.60 Å². The molecule has 1 unspecified atom stereocenters. The molecule has 2 rings (SSSR count). The number of hydrogen-bond acceptors (Lipinski definition) is 4. The number of nitrogens with zero attached hydrogens (tertiary/aromatic N) is 1. The molecule has 1 atom stereocenters. The van der Waals surface area contributed by atoms with Crippen LogP contribution in [0, 0.1) is 0 Å². The molecule has 0 aromatic carbocycles. The summed E-state index contributed by atoms with van der Waals surface area (Å²) < 4.78 is 10.7. The zero-order valence-electron chi connectivity index (χ0n) is 10.6. The summed E-state index contributed by atoms with van der Waals surface area (Å²) in [6, 6.07) is 0. The number of hydrogen-bond donors (Lipinski definition) is 2. The third-order valence-electron chi connectivity index (χ3n) is 3.15. The Labute approximate surface area is 102 Å². The average Bonchev–Trinajstić information content (AvgIpc) is 2.94. The third-order valence-corrected chi connectivity index (χ3v) is 3.15. The summed E-state index contributed by atoms with van der Waals surface area (Å²) in [5.41, 5.74) is 0.873. The van der Waals surface area contributed by atoms with Gasteiger partial charge in [0.2, 0.25) is 0 Å². The summed E-state index contributed by atoms with van der Waals surface area (Å²) >= 11 is 0. The van der Waals surface area contributed by atoms with Gasteiger partial charge in [0.15, 0.2) is 0 Å². The minimum Gasteiger partial charge on any atom is -0.383 e. The minimum atomic E-state index is -0.217. The van der Waals surface area contributed by atoms with E-state index in [9.17, 15) is 0 Å². The van der Waals surface area contributed by atoms with Crippen LogP contribution in [0.5, 0.6) is 0 Å². The number of imidazole rings is 1. The molecule has 0 saturated carbocycles. The first-order valence-electron chi connectivity index (χ1n) is 6.12. The summed E-state index contributed by atoms with van der Waals surface area (Å²) in [7, 11) is 1.70. The number of aromatic amines is 1. The topological polar surface area (TPSA) is 59.2 Å². The van der Waals surface area contributed by atoms with Gasteiger partial charge in [0.1, 0.15) is 11.4 Å². The Kier molecular flexibility index (Phi) is 4.15. The standard InChI is InChI=1S/C12H21N3O2/c1-12(4-3-6-17-12)11-14-9-10(15-11)8-13-5-7-16-2/h9,13H,3-8H2,1-2H3,(H,14,15). The molecule has 1 aliphatic rings. The van der Waals surface area contributed by atoms with Crippen LogP contribution in [0.25, 0.3) is 0 Å². The highest BCUT2D eigenvalue weighted by atomic mass is 16.5. The molecule has 1 aliphatic heterocycles. The summed E-state index contributed by atoms with van der Waals surface area (Å²) in [5, 5.41) is 3.28. The van der Waals surface area contributed by atoms with E-state index >= 15 is 0 Å². The van der Waals surface area contributed by atoms with E-state index in [4.69, 9.17) is 9.47 Å². The van der Waals surface area contributed by atoms with Crippen molar-refractivity contribution in [1.82, 2.24) is 15.3 Å². The fraction of sp³-hybridized carbons (Fsp3) is 0.750. The van der Waals surface area contributed by atoms with Crippen molar-refractivity contribution in [2.45, 2.75) is 31.9 Å². The van der Waals surface area contributed by atoms with E-state index < -0.39 is 0 Å². The second-order valence-corrected chi connectivity index (χ2v) is 4.61. The van der Waals surface area contributed by atoms with Gasteiger partial charge in [-0.15, -0.1) is 0 Å². The Balaban J connectivity index is 1.87. The summed E-state index contributed by atoms with van der Waals surface area (Å²) in [4.78, 5) is 7.75. The van der Waals surface area contributed by atoms with Crippen LogP contribution in [-0.2, 0) is 21.6 Å². The Morgan fingerprint density at radius 2 is 2.53 bits per heavy atom. The molecule has 17 heavy (non-hydrogen) atoms. The summed E-state index contributed by atoms with van der Waals surface area (Å²) in [6.07, 6.45) is 4.03. The molecule has 0 aliphatic carbocycles. The molecule has 2 N–H and O–H groups in total. The highest BCUT2D eigenvalue weighted by Gasteiger charge is 2.34. The molecule has 1 fully saturated rings. The van der Waals surface area contributed by atoms with Crippen molar-refractivity contribution in [3.63, 3.8) is 0 Å². The van der Waals surface area contributed by atoms with E-state index in [1.54, 1.807) is 7.11 Å². The van der Waals surface area contributed by atoms with Gasteiger partial charge in [0, 0.05) is 38.7 Å². The van der Waals surface area contributed by atoms with Crippen molar-refractivity contribution in [3.8, 4) is 0 Å². The molecule has 5 nitrogen and oxygen atoms in total. The molecular formula is C12H21N3O2. The molecule has 0 radical (unpaired) electrons. The molecule has 96 valence electrons. The largest absolute Gasteiger partial charge is 0.383 e. The zero-order valence-corrected chi connectivity index (χ0v) is 10.6. The van der Waals surface area contributed by atoms with Crippen LogP contribution in [0.15, 0.2) is 6.20 Å². The fourth-order valence-electron chi connectivity index (χ4n) is 2.08. The van der Waals surface area contributed by atoms with Crippen molar-refractivity contribution >= 4 is 0 Å². The van der Waals surface area contributed by atoms with Crippen LogP contribution in [0.2, 0.25) is 0 Å². The van der Waals surface area contributed by atoms with Gasteiger partial charge in [-0.3, -0.25) is 0 Å². The SMILES string of the molecule is COCCNCc1cnc(C2(C)CCCO2)[nH]1. The quantitative estimate of drug-likeness (QED) is 0.732. The van der Waals surface area contributed by atoms with Gasteiger partial charge in [0.25, 0.3) is 0 Å². The van der Waals surface area contributed by atoms with Crippen molar-refractivity contribution in [3.05, 3.63) is 17.7 Å². The fourth-order valence-corrected chi connectivity index (χ4v) is 2.08. The van der Waals surface area contributed by atoms with E-state index in [2.05, 4.69) is 22.2 Å². The lowest BCUT2D eigenvalue weighted by Crippen LogP contribution is -2.22. The molecule has 0 bridgehead atoms. The average molecular weight is 239 g/mol. The Morgan fingerprint density at radius 3 is 3.24 bits per heavy atom. The monoisotopic (exact) mass is 239 g/mol. The van der Waals surface area contributed by atoms with Crippen LogP contribution >= 0.6 is 0 Å². The number of rotatable bonds is 6. The van der Waals surface area contributed by atoms with Gasteiger partial charge in [-0.25, -0.2) is 4.98 Å². The first-order valence-corrected chi connectivity index (χ1v) is 6.12. The van der Waals surface area contributed by atoms with Gasteiger partial charge in [-0.2, -0.15) is 0 Å². The molecule has 5 heteroatoms. The van der Waals surface area contributed by atoms with Crippen LogP contribution < -0.4 is 5.32 Å². The molecule has 1 aromatic rings. The maximum atomic E-state index is 5.75. The van der Waals surface area contributed by atoms with E-state index in [1.807, 2.05) is 6.20 Å². The summed E-state index contributed by atoms with van der Waals surface area (Å²) in [5.74, 6) is 0.943. The maximum Gasteiger partial charge on any atom is 0.138 e. The Morgan fingerprint density at radius 1 is 1.65 bits per heavy atom. The minimum absolute atomic E-state index is 0.217. The van der Waals surface area contributed by atoms with E-state index in [0.717, 1.165) is 50.7 Å². The van der Waals surface area contributed by atoms with Crippen molar-refractivity contribution < 1.29 is 9.47 Å². The van der Waals surface area contributed by atoms with Gasteiger partial charge in [-0.05, 0) is 19.8 Å². The van der Waals surface area contributed by atoms with Gasteiger partial charge < -0.3 is 19.8 Å². The number of nitrogens with one attached hydrogen (secondary N) is 2. The van der Waals surface area contributed by atoms with Crippen LogP contribution in [0.4, 0.5) is 0 Å². The van der Waals surface area contributed by atoms with Crippen LogP contribution in [0.1, 0.15) is 31.3 Å². The Hall–Kier alpha value is -0.910. The molecular weight excluding hydrogens is 218 g/mol. The lowest BCUT2D eigenvalue weighted by molar-refractivity contribution is 0.00993. The van der Waals surface area contributed by atoms with Crippen molar-refractivity contribution in [2.24, 2.45) is 0 Å². The highest BCUT2D eigenvalue weighted by Crippen LogP contribution is 2.33.